The normalized spacial score (nSPS) is 10.2. The van der Waals surface area contributed by atoms with Crippen LogP contribution >= 0.6 is 23.1 Å². The summed E-state index contributed by atoms with van der Waals surface area (Å²) in [5.74, 6) is -0.473. The summed E-state index contributed by atoms with van der Waals surface area (Å²) in [5.41, 5.74) is 1.63. The van der Waals surface area contributed by atoms with Crippen molar-refractivity contribution in [3.05, 3.63) is 71.0 Å². The first kappa shape index (κ1) is 17.1. The van der Waals surface area contributed by atoms with Crippen molar-refractivity contribution >= 4 is 34.1 Å². The van der Waals surface area contributed by atoms with Gasteiger partial charge in [-0.25, -0.2) is 4.39 Å². The summed E-state index contributed by atoms with van der Waals surface area (Å²) in [4.78, 5) is 12.0. The Balaban J connectivity index is 1.59. The summed E-state index contributed by atoms with van der Waals surface area (Å²) in [5, 5.41) is 19.6. The van der Waals surface area contributed by atoms with E-state index in [2.05, 4.69) is 21.6 Å². The number of carbonyl (C=O) groups is 1. The van der Waals surface area contributed by atoms with Crippen molar-refractivity contribution in [2.45, 2.75) is 10.1 Å². The highest BCUT2D eigenvalue weighted by Crippen LogP contribution is 2.28. The third-order valence-corrected chi connectivity index (χ3v) is 5.23. The summed E-state index contributed by atoms with van der Waals surface area (Å²) < 4.78 is 14.3. The minimum atomic E-state index is -0.583. The first-order valence-electron chi connectivity index (χ1n) is 7.17. The quantitative estimate of drug-likeness (QED) is 0.540. The SMILES string of the molecule is N#Cc1ccc(CSc2nnc(NC(=O)c3ccccc3F)s2)cc1. The lowest BCUT2D eigenvalue weighted by molar-refractivity contribution is 0.102. The van der Waals surface area contributed by atoms with Gasteiger partial charge in [-0.2, -0.15) is 5.26 Å². The standard InChI is InChI=1S/C17H11FN4OS2/c18-14-4-2-1-3-13(14)15(23)20-16-21-22-17(25-16)24-10-12-7-5-11(9-19)6-8-12/h1-8H,10H2,(H,20,21,23). The summed E-state index contributed by atoms with van der Waals surface area (Å²) in [6.45, 7) is 0. The van der Waals surface area contributed by atoms with Gasteiger partial charge < -0.3 is 0 Å². The molecular weight excluding hydrogens is 359 g/mol. The maximum atomic E-state index is 13.6. The van der Waals surface area contributed by atoms with Crippen molar-refractivity contribution in [3.63, 3.8) is 0 Å². The highest BCUT2D eigenvalue weighted by atomic mass is 32.2. The van der Waals surface area contributed by atoms with Crippen molar-refractivity contribution < 1.29 is 9.18 Å². The van der Waals surface area contributed by atoms with Gasteiger partial charge in [0, 0.05) is 5.75 Å². The highest BCUT2D eigenvalue weighted by molar-refractivity contribution is 8.00. The Labute approximate surface area is 151 Å². The van der Waals surface area contributed by atoms with Gasteiger partial charge in [0.25, 0.3) is 5.91 Å². The Morgan fingerprint density at radius 3 is 2.68 bits per heavy atom. The third kappa shape index (κ3) is 4.41. The summed E-state index contributed by atoms with van der Waals surface area (Å²) in [6, 6.07) is 15.1. The van der Waals surface area contributed by atoms with E-state index in [1.54, 1.807) is 18.2 Å². The number of rotatable bonds is 5. The zero-order chi connectivity index (χ0) is 17.6. The van der Waals surface area contributed by atoms with Crippen molar-refractivity contribution in [1.82, 2.24) is 10.2 Å². The molecular formula is C17H11FN4OS2. The molecule has 1 N–H and O–H groups in total. The minimum absolute atomic E-state index is 0.0375. The van der Waals surface area contributed by atoms with E-state index in [1.807, 2.05) is 12.1 Å². The number of benzene rings is 2. The Kier molecular flexibility index (Phi) is 5.38. The Hall–Kier alpha value is -2.76. The fourth-order valence-corrected chi connectivity index (χ4v) is 3.65. The van der Waals surface area contributed by atoms with Gasteiger partial charge in [-0.1, -0.05) is 47.4 Å². The second-order valence-electron chi connectivity index (χ2n) is 4.90. The van der Waals surface area contributed by atoms with Crippen LogP contribution in [0.3, 0.4) is 0 Å². The van der Waals surface area contributed by atoms with Crippen LogP contribution in [0.2, 0.25) is 0 Å². The van der Waals surface area contributed by atoms with Crippen molar-refractivity contribution in [1.29, 1.82) is 5.26 Å². The predicted octanol–water partition coefficient (Wildman–Crippen LogP) is 4.09. The molecule has 1 aromatic heterocycles. The first-order valence-corrected chi connectivity index (χ1v) is 8.97. The fraction of sp³-hybridized carbons (Fsp3) is 0.0588. The lowest BCUT2D eigenvalue weighted by Crippen LogP contribution is -2.13. The zero-order valence-corrected chi connectivity index (χ0v) is 14.4. The Morgan fingerprint density at radius 2 is 1.96 bits per heavy atom. The van der Waals surface area contributed by atoms with Gasteiger partial charge in [-0.15, -0.1) is 10.2 Å². The molecule has 3 rings (SSSR count). The van der Waals surface area contributed by atoms with Crippen LogP contribution in [0, 0.1) is 17.1 Å². The highest BCUT2D eigenvalue weighted by Gasteiger charge is 2.13. The third-order valence-electron chi connectivity index (χ3n) is 3.19. The largest absolute Gasteiger partial charge is 0.296 e. The predicted molar refractivity (Wildman–Crippen MR) is 95.0 cm³/mol. The number of carbonyl (C=O) groups excluding carboxylic acids is 1. The van der Waals surface area contributed by atoms with Gasteiger partial charge in [0.05, 0.1) is 17.2 Å². The molecule has 0 saturated carbocycles. The van der Waals surface area contributed by atoms with E-state index in [4.69, 9.17) is 5.26 Å². The lowest BCUT2D eigenvalue weighted by Gasteiger charge is -2.01. The summed E-state index contributed by atoms with van der Waals surface area (Å²) >= 11 is 2.69. The van der Waals surface area contributed by atoms with Crippen molar-refractivity contribution in [2.75, 3.05) is 5.32 Å². The number of thioether (sulfide) groups is 1. The van der Waals surface area contributed by atoms with Crippen LogP contribution in [0.1, 0.15) is 21.5 Å². The summed E-state index contributed by atoms with van der Waals surface area (Å²) in [6.07, 6.45) is 0. The maximum absolute atomic E-state index is 13.6. The number of nitrogens with one attached hydrogen (secondary N) is 1. The molecule has 1 heterocycles. The number of anilines is 1. The van der Waals surface area contributed by atoms with E-state index in [0.717, 1.165) is 5.56 Å². The molecule has 0 fully saturated rings. The molecule has 0 bridgehead atoms. The van der Waals surface area contributed by atoms with Crippen LogP contribution in [0.25, 0.3) is 0 Å². The molecule has 2 aromatic carbocycles. The Morgan fingerprint density at radius 1 is 1.20 bits per heavy atom. The van der Waals surface area contributed by atoms with Crippen LogP contribution < -0.4 is 5.32 Å². The molecule has 0 aliphatic heterocycles. The molecule has 0 unspecified atom stereocenters. The Bertz CT molecular complexity index is 934. The number of halogens is 1. The van der Waals surface area contributed by atoms with E-state index >= 15 is 0 Å². The molecule has 5 nitrogen and oxygen atoms in total. The van der Waals surface area contributed by atoms with Gasteiger partial charge in [0.2, 0.25) is 5.13 Å². The number of nitriles is 1. The van der Waals surface area contributed by atoms with Gasteiger partial charge >= 0.3 is 0 Å². The average Bonchev–Trinajstić information content (AvgIpc) is 3.08. The fourth-order valence-electron chi connectivity index (χ4n) is 1.95. The van der Waals surface area contributed by atoms with Gasteiger partial charge in [-0.3, -0.25) is 10.1 Å². The topological polar surface area (TPSA) is 78.7 Å². The van der Waals surface area contributed by atoms with E-state index in [9.17, 15) is 9.18 Å². The second kappa shape index (κ2) is 7.88. The van der Waals surface area contributed by atoms with Crippen LogP contribution in [-0.2, 0) is 5.75 Å². The monoisotopic (exact) mass is 370 g/mol. The number of hydrogen-bond donors (Lipinski definition) is 1. The van der Waals surface area contributed by atoms with Crippen molar-refractivity contribution in [3.8, 4) is 6.07 Å². The molecule has 0 atom stereocenters. The van der Waals surface area contributed by atoms with Crippen LogP contribution in [0.15, 0.2) is 52.9 Å². The molecule has 0 aliphatic carbocycles. The average molecular weight is 370 g/mol. The van der Waals surface area contributed by atoms with Gasteiger partial charge in [-0.05, 0) is 29.8 Å². The van der Waals surface area contributed by atoms with E-state index in [1.165, 1.54) is 41.3 Å². The van der Waals surface area contributed by atoms with Crippen LogP contribution in [0.4, 0.5) is 9.52 Å². The smallest absolute Gasteiger partial charge is 0.260 e. The van der Waals surface area contributed by atoms with E-state index in [0.29, 0.717) is 20.8 Å². The molecule has 8 heteroatoms. The number of aromatic nitrogens is 2. The van der Waals surface area contributed by atoms with Crippen LogP contribution in [-0.4, -0.2) is 16.1 Å². The van der Waals surface area contributed by atoms with Crippen LogP contribution in [0.5, 0.6) is 0 Å². The lowest BCUT2D eigenvalue weighted by atomic mass is 10.2. The molecule has 0 saturated heterocycles. The van der Waals surface area contributed by atoms with Gasteiger partial charge in [0.15, 0.2) is 4.34 Å². The second-order valence-corrected chi connectivity index (χ2v) is 7.10. The summed E-state index contributed by atoms with van der Waals surface area (Å²) in [7, 11) is 0. The molecule has 124 valence electrons. The van der Waals surface area contributed by atoms with E-state index < -0.39 is 11.7 Å². The first-order chi connectivity index (χ1) is 12.2. The van der Waals surface area contributed by atoms with Crippen molar-refractivity contribution in [2.24, 2.45) is 0 Å². The number of nitrogens with zero attached hydrogens (tertiary/aromatic N) is 3. The number of hydrogen-bond acceptors (Lipinski definition) is 6. The minimum Gasteiger partial charge on any atom is -0.296 e. The molecule has 3 aromatic rings. The molecule has 0 aliphatic rings. The maximum Gasteiger partial charge on any atom is 0.260 e. The van der Waals surface area contributed by atoms with Gasteiger partial charge in [0.1, 0.15) is 5.82 Å². The number of amides is 1. The molecule has 0 radical (unpaired) electrons. The molecule has 25 heavy (non-hydrogen) atoms. The van der Waals surface area contributed by atoms with E-state index in [-0.39, 0.29) is 5.56 Å². The zero-order valence-electron chi connectivity index (χ0n) is 12.8. The molecule has 0 spiro atoms. The molecule has 1 amide bonds.